The van der Waals surface area contributed by atoms with E-state index in [1.165, 1.54) is 12.1 Å². The van der Waals surface area contributed by atoms with Crippen LogP contribution in [0.5, 0.6) is 11.5 Å². The summed E-state index contributed by atoms with van der Waals surface area (Å²) in [4.78, 5) is 12.2. The van der Waals surface area contributed by atoms with Crippen molar-refractivity contribution in [3.63, 3.8) is 0 Å². The Bertz CT molecular complexity index is 703. The van der Waals surface area contributed by atoms with Crippen molar-refractivity contribution >= 4 is 5.91 Å². The van der Waals surface area contributed by atoms with Crippen molar-refractivity contribution in [1.29, 1.82) is 0 Å². The largest absolute Gasteiger partial charge is 0.493 e. The van der Waals surface area contributed by atoms with E-state index in [2.05, 4.69) is 5.32 Å². The molecule has 0 spiro atoms. The number of methoxy groups -OCH3 is 2. The van der Waals surface area contributed by atoms with Gasteiger partial charge < -0.3 is 14.8 Å². The van der Waals surface area contributed by atoms with Crippen molar-refractivity contribution < 1.29 is 18.7 Å². The fourth-order valence-electron chi connectivity index (χ4n) is 2.46. The van der Waals surface area contributed by atoms with Gasteiger partial charge in [0, 0.05) is 12.5 Å². The number of carbonyl (C=O) groups excluding carboxylic acids is 1. The zero-order valence-electron chi connectivity index (χ0n) is 14.1. The Morgan fingerprint density at radius 2 is 1.83 bits per heavy atom. The molecule has 1 amide bonds. The highest BCUT2D eigenvalue weighted by Gasteiger charge is 2.15. The van der Waals surface area contributed by atoms with Crippen LogP contribution in [0.4, 0.5) is 4.39 Å². The first-order valence-corrected chi connectivity index (χ1v) is 7.76. The summed E-state index contributed by atoms with van der Waals surface area (Å²) in [7, 11) is 3.16. The molecule has 2 aromatic carbocycles. The number of hydrogen-bond acceptors (Lipinski definition) is 3. The maximum atomic E-state index is 13.1. The van der Waals surface area contributed by atoms with Crippen molar-refractivity contribution in [2.24, 2.45) is 5.92 Å². The number of nitrogens with one attached hydrogen (secondary N) is 1. The second-order valence-corrected chi connectivity index (χ2v) is 5.64. The van der Waals surface area contributed by atoms with Crippen LogP contribution in [0.15, 0.2) is 42.5 Å². The zero-order chi connectivity index (χ0) is 17.5. The van der Waals surface area contributed by atoms with E-state index in [-0.39, 0.29) is 17.6 Å². The molecule has 128 valence electrons. The predicted octanol–water partition coefficient (Wildman–Crippen LogP) is 3.34. The minimum atomic E-state index is -0.305. The monoisotopic (exact) mass is 331 g/mol. The third kappa shape index (κ3) is 4.72. The number of rotatable bonds is 7. The maximum absolute atomic E-state index is 13.1. The minimum absolute atomic E-state index is 0.0750. The number of halogens is 1. The number of amides is 1. The third-order valence-electron chi connectivity index (χ3n) is 3.79. The highest BCUT2D eigenvalue weighted by atomic mass is 19.1. The number of hydrogen-bond donors (Lipinski definition) is 1. The van der Waals surface area contributed by atoms with Gasteiger partial charge in [0.1, 0.15) is 5.82 Å². The third-order valence-corrected chi connectivity index (χ3v) is 3.79. The van der Waals surface area contributed by atoms with Gasteiger partial charge in [0.15, 0.2) is 11.5 Å². The average molecular weight is 331 g/mol. The molecule has 0 heterocycles. The SMILES string of the molecule is COc1ccc(CC(C)C(=O)NCc2cccc(F)c2)cc1OC. The molecule has 0 saturated carbocycles. The van der Waals surface area contributed by atoms with Gasteiger partial charge in [-0.3, -0.25) is 4.79 Å². The van der Waals surface area contributed by atoms with Crippen LogP contribution in [-0.4, -0.2) is 20.1 Å². The number of carbonyl (C=O) groups is 1. The molecule has 0 aliphatic rings. The van der Waals surface area contributed by atoms with Crippen LogP contribution in [0.3, 0.4) is 0 Å². The molecule has 0 fully saturated rings. The van der Waals surface area contributed by atoms with Crippen LogP contribution in [0.1, 0.15) is 18.1 Å². The number of benzene rings is 2. The Morgan fingerprint density at radius 3 is 2.50 bits per heavy atom. The second kappa shape index (κ2) is 8.34. The first-order valence-electron chi connectivity index (χ1n) is 7.76. The second-order valence-electron chi connectivity index (χ2n) is 5.64. The Kier molecular flexibility index (Phi) is 6.18. The first-order chi connectivity index (χ1) is 11.5. The lowest BCUT2D eigenvalue weighted by molar-refractivity contribution is -0.124. The molecule has 24 heavy (non-hydrogen) atoms. The lowest BCUT2D eigenvalue weighted by Crippen LogP contribution is -2.29. The maximum Gasteiger partial charge on any atom is 0.223 e. The fourth-order valence-corrected chi connectivity index (χ4v) is 2.46. The highest BCUT2D eigenvalue weighted by Crippen LogP contribution is 2.28. The van der Waals surface area contributed by atoms with E-state index in [9.17, 15) is 9.18 Å². The molecule has 4 nitrogen and oxygen atoms in total. The van der Waals surface area contributed by atoms with Crippen LogP contribution < -0.4 is 14.8 Å². The van der Waals surface area contributed by atoms with Crippen LogP contribution in [0.25, 0.3) is 0 Å². The van der Waals surface area contributed by atoms with Crippen LogP contribution in [0.2, 0.25) is 0 Å². The molecule has 0 saturated heterocycles. The van der Waals surface area contributed by atoms with Gasteiger partial charge in [0.2, 0.25) is 5.91 Å². The molecule has 1 unspecified atom stereocenters. The van der Waals surface area contributed by atoms with E-state index in [0.29, 0.717) is 24.5 Å². The summed E-state index contributed by atoms with van der Waals surface area (Å²) in [6.07, 6.45) is 0.579. The summed E-state index contributed by atoms with van der Waals surface area (Å²) < 4.78 is 23.6. The Hall–Kier alpha value is -2.56. The molecule has 2 aromatic rings. The smallest absolute Gasteiger partial charge is 0.223 e. The van der Waals surface area contributed by atoms with Crippen molar-refractivity contribution in [2.45, 2.75) is 19.9 Å². The molecule has 0 aromatic heterocycles. The summed E-state index contributed by atoms with van der Waals surface area (Å²) in [6.45, 7) is 2.17. The Balaban J connectivity index is 1.93. The highest BCUT2D eigenvalue weighted by molar-refractivity contribution is 5.78. The summed E-state index contributed by atoms with van der Waals surface area (Å²) in [5, 5.41) is 2.84. The van der Waals surface area contributed by atoms with Gasteiger partial charge in [-0.2, -0.15) is 0 Å². The lowest BCUT2D eigenvalue weighted by Gasteiger charge is -2.14. The van der Waals surface area contributed by atoms with Gasteiger partial charge >= 0.3 is 0 Å². The van der Waals surface area contributed by atoms with Gasteiger partial charge in [0.25, 0.3) is 0 Å². The summed E-state index contributed by atoms with van der Waals surface area (Å²) in [5.41, 5.74) is 1.72. The van der Waals surface area contributed by atoms with Crippen LogP contribution in [0, 0.1) is 11.7 Å². The standard InChI is InChI=1S/C19H22FNO3/c1-13(9-14-7-8-17(23-2)18(11-14)24-3)19(22)21-12-15-5-4-6-16(20)10-15/h4-8,10-11,13H,9,12H2,1-3H3,(H,21,22). The van der Waals surface area contributed by atoms with E-state index in [1.807, 2.05) is 25.1 Å². The van der Waals surface area contributed by atoms with E-state index < -0.39 is 0 Å². The molecule has 1 atom stereocenters. The molecule has 5 heteroatoms. The van der Waals surface area contributed by atoms with Crippen molar-refractivity contribution in [1.82, 2.24) is 5.32 Å². The summed E-state index contributed by atoms with van der Waals surface area (Å²) >= 11 is 0. The lowest BCUT2D eigenvalue weighted by atomic mass is 10.00. The van der Waals surface area contributed by atoms with Crippen molar-refractivity contribution in [3.8, 4) is 11.5 Å². The van der Waals surface area contributed by atoms with Gasteiger partial charge in [-0.1, -0.05) is 25.1 Å². The molecule has 0 aliphatic heterocycles. The van der Waals surface area contributed by atoms with Crippen LogP contribution >= 0.6 is 0 Å². The Morgan fingerprint density at radius 1 is 1.08 bits per heavy atom. The number of ether oxygens (including phenoxy) is 2. The molecule has 2 rings (SSSR count). The van der Waals surface area contributed by atoms with Crippen molar-refractivity contribution in [2.75, 3.05) is 14.2 Å². The van der Waals surface area contributed by atoms with Crippen LogP contribution in [-0.2, 0) is 17.8 Å². The van der Waals surface area contributed by atoms with E-state index in [4.69, 9.17) is 9.47 Å². The average Bonchev–Trinajstić information content (AvgIpc) is 2.59. The summed E-state index contributed by atoms with van der Waals surface area (Å²) in [6, 6.07) is 11.8. The van der Waals surface area contributed by atoms with Gasteiger partial charge in [-0.15, -0.1) is 0 Å². The zero-order valence-corrected chi connectivity index (χ0v) is 14.1. The normalized spacial score (nSPS) is 11.7. The van der Waals surface area contributed by atoms with E-state index in [1.54, 1.807) is 26.4 Å². The van der Waals surface area contributed by atoms with E-state index in [0.717, 1.165) is 11.1 Å². The van der Waals surface area contributed by atoms with Gasteiger partial charge in [-0.25, -0.2) is 4.39 Å². The van der Waals surface area contributed by atoms with Gasteiger partial charge in [0.05, 0.1) is 14.2 Å². The molecule has 1 N–H and O–H groups in total. The van der Waals surface area contributed by atoms with E-state index >= 15 is 0 Å². The molecule has 0 bridgehead atoms. The predicted molar refractivity (Wildman–Crippen MR) is 90.7 cm³/mol. The summed E-state index contributed by atoms with van der Waals surface area (Å²) in [5.74, 6) is 0.706. The van der Waals surface area contributed by atoms with Crippen molar-refractivity contribution in [3.05, 3.63) is 59.4 Å². The topological polar surface area (TPSA) is 47.6 Å². The Labute approximate surface area is 141 Å². The molecule has 0 aliphatic carbocycles. The molecular weight excluding hydrogens is 309 g/mol. The van der Waals surface area contributed by atoms with Gasteiger partial charge in [-0.05, 0) is 41.8 Å². The quantitative estimate of drug-likeness (QED) is 0.846. The fraction of sp³-hybridized carbons (Fsp3) is 0.316. The molecular formula is C19H22FNO3. The first kappa shape index (κ1) is 17.8. The molecule has 0 radical (unpaired) electrons. The minimum Gasteiger partial charge on any atom is -0.493 e.